The molecule has 90 heavy (non-hydrogen) atoms. The van der Waals surface area contributed by atoms with Crippen LogP contribution >= 0.6 is 7.82 Å². The molecular formula is C80H144NO8P. The van der Waals surface area contributed by atoms with E-state index in [-0.39, 0.29) is 32.0 Å². The molecule has 0 spiro atoms. The number of carbonyl (C=O) groups excluding carboxylic acids is 2. The third-order valence-electron chi connectivity index (χ3n) is 16.6. The van der Waals surface area contributed by atoms with Gasteiger partial charge in [-0.25, -0.2) is 0 Å². The van der Waals surface area contributed by atoms with Crippen LogP contribution in [0.5, 0.6) is 0 Å². The van der Waals surface area contributed by atoms with E-state index in [0.717, 1.165) is 83.5 Å². The third-order valence-corrected chi connectivity index (χ3v) is 17.6. The van der Waals surface area contributed by atoms with Gasteiger partial charge in [0.2, 0.25) is 0 Å². The summed E-state index contributed by atoms with van der Waals surface area (Å²) in [6.45, 7) is 4.17. The van der Waals surface area contributed by atoms with Crippen molar-refractivity contribution in [3.05, 3.63) is 97.2 Å². The second kappa shape index (κ2) is 70.3. The van der Waals surface area contributed by atoms with Crippen molar-refractivity contribution in [2.24, 2.45) is 0 Å². The molecule has 0 aromatic rings. The fraction of sp³-hybridized carbons (Fsp3) is 0.775. The molecule has 0 fully saturated rings. The first kappa shape index (κ1) is 86.9. The molecule has 0 rings (SSSR count). The number of unbranched alkanes of at least 4 members (excludes halogenated alkanes) is 40. The van der Waals surface area contributed by atoms with Gasteiger partial charge >= 0.3 is 11.9 Å². The van der Waals surface area contributed by atoms with Gasteiger partial charge in [-0.3, -0.25) is 14.2 Å². The Balaban J connectivity index is 3.98. The number of quaternary nitrogens is 1. The van der Waals surface area contributed by atoms with Crippen molar-refractivity contribution < 1.29 is 42.1 Å². The minimum atomic E-state index is -4.65. The summed E-state index contributed by atoms with van der Waals surface area (Å²) in [7, 11) is 1.18. The Labute approximate surface area is 557 Å². The lowest BCUT2D eigenvalue weighted by Crippen LogP contribution is -2.37. The lowest BCUT2D eigenvalue weighted by Gasteiger charge is -2.28. The highest BCUT2D eigenvalue weighted by atomic mass is 31.2. The summed E-state index contributed by atoms with van der Waals surface area (Å²) in [5.41, 5.74) is 0. The van der Waals surface area contributed by atoms with Crippen LogP contribution in [-0.4, -0.2) is 70.0 Å². The van der Waals surface area contributed by atoms with Crippen molar-refractivity contribution in [3.63, 3.8) is 0 Å². The molecule has 0 aliphatic rings. The largest absolute Gasteiger partial charge is 0.756 e. The normalized spacial score (nSPS) is 13.6. The summed E-state index contributed by atoms with van der Waals surface area (Å²) in [6.07, 6.45) is 97.9. The van der Waals surface area contributed by atoms with Crippen molar-refractivity contribution in [2.75, 3.05) is 47.5 Å². The number of phosphoric acid groups is 1. The number of allylic oxidation sites excluding steroid dienone is 16. The van der Waals surface area contributed by atoms with Crippen LogP contribution in [0, 0.1) is 0 Å². The highest BCUT2D eigenvalue weighted by Crippen LogP contribution is 2.38. The third kappa shape index (κ3) is 74.0. The van der Waals surface area contributed by atoms with Crippen LogP contribution in [0.1, 0.15) is 348 Å². The Morgan fingerprint density at radius 3 is 0.956 bits per heavy atom. The summed E-state index contributed by atoms with van der Waals surface area (Å²) in [6, 6.07) is 0. The molecule has 0 amide bonds. The molecule has 0 aromatic heterocycles. The molecule has 0 N–H and O–H groups in total. The minimum absolute atomic E-state index is 0.0314. The van der Waals surface area contributed by atoms with E-state index in [2.05, 4.69) is 111 Å². The first-order chi connectivity index (χ1) is 44.0. The van der Waals surface area contributed by atoms with Gasteiger partial charge in [0, 0.05) is 12.8 Å². The van der Waals surface area contributed by atoms with Crippen LogP contribution in [0.25, 0.3) is 0 Å². The zero-order chi connectivity index (χ0) is 65.5. The van der Waals surface area contributed by atoms with Crippen LogP contribution in [-0.2, 0) is 32.7 Å². The molecule has 9 nitrogen and oxygen atoms in total. The molecule has 522 valence electrons. The molecule has 10 heteroatoms. The van der Waals surface area contributed by atoms with E-state index in [1.54, 1.807) is 0 Å². The van der Waals surface area contributed by atoms with Gasteiger partial charge in [-0.05, 0) is 96.3 Å². The Morgan fingerprint density at radius 2 is 0.633 bits per heavy atom. The van der Waals surface area contributed by atoms with Crippen molar-refractivity contribution in [3.8, 4) is 0 Å². The topological polar surface area (TPSA) is 111 Å². The van der Waals surface area contributed by atoms with Gasteiger partial charge in [-0.1, -0.05) is 336 Å². The second-order valence-electron chi connectivity index (χ2n) is 26.6. The summed E-state index contributed by atoms with van der Waals surface area (Å²) >= 11 is 0. The zero-order valence-electron chi connectivity index (χ0n) is 59.6. The molecule has 0 saturated carbocycles. The number of phosphoric ester groups is 1. The monoisotopic (exact) mass is 1280 g/mol. The van der Waals surface area contributed by atoms with E-state index in [4.69, 9.17) is 18.5 Å². The fourth-order valence-electron chi connectivity index (χ4n) is 10.8. The van der Waals surface area contributed by atoms with Crippen molar-refractivity contribution in [1.82, 2.24) is 0 Å². The van der Waals surface area contributed by atoms with E-state index >= 15 is 0 Å². The molecule has 0 aliphatic heterocycles. The first-order valence-electron chi connectivity index (χ1n) is 37.9. The van der Waals surface area contributed by atoms with E-state index in [0.29, 0.717) is 17.4 Å². The van der Waals surface area contributed by atoms with Gasteiger partial charge in [0.05, 0.1) is 27.7 Å². The number of carbonyl (C=O) groups is 2. The van der Waals surface area contributed by atoms with Crippen LogP contribution in [0.2, 0.25) is 0 Å². The van der Waals surface area contributed by atoms with Gasteiger partial charge in [-0.2, -0.15) is 0 Å². The van der Waals surface area contributed by atoms with E-state index in [1.807, 2.05) is 21.1 Å². The Kier molecular flexibility index (Phi) is 67.9. The highest BCUT2D eigenvalue weighted by Gasteiger charge is 2.22. The number of esters is 2. The minimum Gasteiger partial charge on any atom is -0.756 e. The number of rotatable bonds is 70. The number of ether oxygens (including phenoxy) is 2. The van der Waals surface area contributed by atoms with Gasteiger partial charge in [0.15, 0.2) is 6.10 Å². The van der Waals surface area contributed by atoms with Crippen LogP contribution < -0.4 is 4.89 Å². The van der Waals surface area contributed by atoms with Gasteiger partial charge < -0.3 is 27.9 Å². The first-order valence-corrected chi connectivity index (χ1v) is 39.4. The van der Waals surface area contributed by atoms with Crippen molar-refractivity contribution in [2.45, 2.75) is 354 Å². The van der Waals surface area contributed by atoms with Gasteiger partial charge in [0.1, 0.15) is 19.8 Å². The van der Waals surface area contributed by atoms with Gasteiger partial charge in [0.25, 0.3) is 7.82 Å². The molecular weight excluding hydrogens is 1130 g/mol. The second-order valence-corrected chi connectivity index (χ2v) is 28.0. The van der Waals surface area contributed by atoms with Crippen LogP contribution in [0.15, 0.2) is 97.2 Å². The van der Waals surface area contributed by atoms with E-state index in [9.17, 15) is 19.0 Å². The summed E-state index contributed by atoms with van der Waals surface area (Å²) in [5, 5.41) is 0. The fourth-order valence-corrected chi connectivity index (χ4v) is 11.5. The average molecular weight is 1280 g/mol. The molecule has 0 aromatic carbocycles. The van der Waals surface area contributed by atoms with Crippen molar-refractivity contribution in [1.29, 1.82) is 0 Å². The maximum Gasteiger partial charge on any atom is 0.306 e. The quantitative estimate of drug-likeness (QED) is 0.0195. The van der Waals surface area contributed by atoms with E-state index < -0.39 is 26.5 Å². The van der Waals surface area contributed by atoms with Crippen molar-refractivity contribution >= 4 is 19.8 Å². The Bertz CT molecular complexity index is 1840. The highest BCUT2D eigenvalue weighted by molar-refractivity contribution is 7.45. The Hall–Kier alpha value is -3.07. The number of nitrogens with zero attached hydrogens (tertiary/aromatic N) is 1. The summed E-state index contributed by atoms with van der Waals surface area (Å²) < 4.78 is 34.4. The lowest BCUT2D eigenvalue weighted by atomic mass is 10.0. The maximum absolute atomic E-state index is 12.9. The van der Waals surface area contributed by atoms with E-state index in [1.165, 1.54) is 231 Å². The smallest absolute Gasteiger partial charge is 0.306 e. The summed E-state index contributed by atoms with van der Waals surface area (Å²) in [5.74, 6) is -0.819. The molecule has 0 heterocycles. The molecule has 0 bridgehead atoms. The number of hydrogen-bond donors (Lipinski definition) is 0. The van der Waals surface area contributed by atoms with Crippen LogP contribution in [0.4, 0.5) is 0 Å². The maximum atomic E-state index is 12.9. The molecule has 0 aliphatic carbocycles. The molecule has 2 atom stereocenters. The zero-order valence-corrected chi connectivity index (χ0v) is 60.5. The number of likely N-dealkylation sites (N-methyl/N-ethyl adjacent to an activating group) is 1. The summed E-state index contributed by atoms with van der Waals surface area (Å²) in [4.78, 5) is 38.1. The van der Waals surface area contributed by atoms with Gasteiger partial charge in [-0.15, -0.1) is 0 Å². The predicted molar refractivity (Wildman–Crippen MR) is 388 cm³/mol. The molecule has 0 radical (unpaired) electrons. The molecule has 2 unspecified atom stereocenters. The SMILES string of the molecule is CC/C=C\C/C=C\C/C=C\C/C=C\C/C=C\C/C=C\C/C=C\CCCCCCCCCCCCCCCCCCCC(=O)OC(COC(=O)CCCCCCCCCCCCCCCCC/C=C\CCCCCCCCCC)COP(=O)([O-])OCC[N+](C)(C)C. The number of hydrogen-bond acceptors (Lipinski definition) is 8. The standard InChI is InChI=1S/C80H144NO8P/c1-6-8-10-12-14-16-18-20-22-24-26-28-30-32-34-35-36-37-38-39-40-41-42-43-44-45-47-49-51-53-55-57-59-61-63-65-67-69-71-73-80(83)89-78(77-88-90(84,85)87-75-74-81(3,4)5)76-86-79(82)72-70-68-66-64-62-60-58-56-54-52-50-48-46-33-31-29-27-25-23-21-19-17-15-13-11-9-7-2/h8,10,14,16,20,22,25-28,32,34,36-37,39-40,78H,6-7,9,11-13,15,17-19,21,23-24,29-31,33,35,38,41-77H2,1-5H3/b10-8-,16-14-,22-20-,27-25-,28-26-,34-32-,37-36-,40-39-. The lowest BCUT2D eigenvalue weighted by molar-refractivity contribution is -0.870. The predicted octanol–water partition coefficient (Wildman–Crippen LogP) is 24.4. The average Bonchev–Trinajstić information content (AvgIpc) is 3.58. The Morgan fingerprint density at radius 1 is 0.356 bits per heavy atom. The van der Waals surface area contributed by atoms with Crippen LogP contribution in [0.3, 0.4) is 0 Å². The molecule has 0 saturated heterocycles.